The van der Waals surface area contributed by atoms with Crippen molar-refractivity contribution in [3.8, 4) is 5.88 Å². The lowest BCUT2D eigenvalue weighted by atomic mass is 10.3. The topological polar surface area (TPSA) is 58.5 Å². The second kappa shape index (κ2) is 5.85. The van der Waals surface area contributed by atoms with E-state index in [1.54, 1.807) is 6.92 Å². The average molecular weight is 265 g/mol. The molecule has 0 aliphatic carbocycles. The number of anilines is 1. The molecule has 102 valence electrons. The fourth-order valence-corrected chi connectivity index (χ4v) is 1.22. The highest BCUT2D eigenvalue weighted by atomic mass is 19.4. The number of hydrogen-bond donors (Lipinski definition) is 1. The molecule has 1 N–H and O–H groups in total. The number of alkyl halides is 3. The zero-order valence-electron chi connectivity index (χ0n) is 9.98. The molecular formula is C10H14F3N3O2. The smallest absolute Gasteiger partial charge is 0.416 e. The Kier molecular flexibility index (Phi) is 4.71. The lowest BCUT2D eigenvalue weighted by Gasteiger charge is -2.23. The molecule has 0 saturated carbocycles. The standard InChI is InChI=1S/C10H14F3N3O2/c1-3-18-9-4-8(14-6-15-9)16(2)5-7(17)10(11,12)13/h4,6-7,17H,3,5H2,1-2H3/t7-/m0/s1. The predicted octanol–water partition coefficient (Wildman–Crippen LogP) is 1.23. The molecule has 0 aliphatic rings. The first kappa shape index (κ1) is 14.5. The zero-order chi connectivity index (χ0) is 13.8. The normalized spacial score (nSPS) is 13.2. The molecule has 18 heavy (non-hydrogen) atoms. The highest BCUT2D eigenvalue weighted by molar-refractivity contribution is 5.39. The molecule has 0 amide bonds. The van der Waals surface area contributed by atoms with Crippen molar-refractivity contribution < 1.29 is 23.0 Å². The van der Waals surface area contributed by atoms with E-state index in [-0.39, 0.29) is 11.7 Å². The molecule has 0 spiro atoms. The van der Waals surface area contributed by atoms with Crippen molar-refractivity contribution in [2.45, 2.75) is 19.2 Å². The molecule has 1 atom stereocenters. The molecule has 1 aromatic rings. The molecule has 1 heterocycles. The first-order valence-electron chi connectivity index (χ1n) is 5.25. The number of ether oxygens (including phenoxy) is 1. The van der Waals surface area contributed by atoms with Gasteiger partial charge >= 0.3 is 6.18 Å². The van der Waals surface area contributed by atoms with Gasteiger partial charge in [0.2, 0.25) is 5.88 Å². The van der Waals surface area contributed by atoms with Gasteiger partial charge in [0.1, 0.15) is 12.1 Å². The molecule has 8 heteroatoms. The number of hydrogen-bond acceptors (Lipinski definition) is 5. The summed E-state index contributed by atoms with van der Waals surface area (Å²) in [5.74, 6) is 0.521. The second-order valence-electron chi connectivity index (χ2n) is 3.59. The number of halogens is 3. The predicted molar refractivity (Wildman–Crippen MR) is 58.5 cm³/mol. The van der Waals surface area contributed by atoms with Gasteiger partial charge in [-0.3, -0.25) is 0 Å². The Morgan fingerprint density at radius 1 is 1.44 bits per heavy atom. The van der Waals surface area contributed by atoms with Gasteiger partial charge in [-0.2, -0.15) is 13.2 Å². The van der Waals surface area contributed by atoms with Crippen LogP contribution in [0.1, 0.15) is 6.92 Å². The third-order valence-electron chi connectivity index (χ3n) is 2.14. The van der Waals surface area contributed by atoms with Crippen LogP contribution in [0.4, 0.5) is 19.0 Å². The van der Waals surface area contributed by atoms with Crippen LogP contribution in [0.2, 0.25) is 0 Å². The third-order valence-corrected chi connectivity index (χ3v) is 2.14. The Balaban J connectivity index is 2.72. The van der Waals surface area contributed by atoms with Gasteiger partial charge in [0.05, 0.1) is 13.2 Å². The summed E-state index contributed by atoms with van der Waals surface area (Å²) in [6, 6.07) is 1.41. The summed E-state index contributed by atoms with van der Waals surface area (Å²) in [4.78, 5) is 8.79. The molecule has 0 bridgehead atoms. The van der Waals surface area contributed by atoms with Crippen molar-refractivity contribution in [1.82, 2.24) is 9.97 Å². The first-order chi connectivity index (χ1) is 8.34. The van der Waals surface area contributed by atoms with E-state index in [0.29, 0.717) is 6.61 Å². The molecule has 0 aliphatic heterocycles. The van der Waals surface area contributed by atoms with Gasteiger partial charge in [0.25, 0.3) is 0 Å². The Labute approximate surface area is 102 Å². The number of nitrogens with zero attached hydrogens (tertiary/aromatic N) is 3. The van der Waals surface area contributed by atoms with E-state index >= 15 is 0 Å². The van der Waals surface area contributed by atoms with E-state index < -0.39 is 18.8 Å². The van der Waals surface area contributed by atoms with Crippen LogP contribution in [-0.2, 0) is 0 Å². The molecular weight excluding hydrogens is 251 g/mol. The summed E-state index contributed by atoms with van der Waals surface area (Å²) >= 11 is 0. The maximum Gasteiger partial charge on any atom is 0.416 e. The zero-order valence-corrected chi connectivity index (χ0v) is 9.98. The van der Waals surface area contributed by atoms with Crippen LogP contribution in [-0.4, -0.2) is 47.6 Å². The second-order valence-corrected chi connectivity index (χ2v) is 3.59. The van der Waals surface area contributed by atoms with Crippen LogP contribution >= 0.6 is 0 Å². The van der Waals surface area contributed by atoms with E-state index in [9.17, 15) is 13.2 Å². The molecule has 0 aromatic carbocycles. The van der Waals surface area contributed by atoms with E-state index in [0.717, 1.165) is 0 Å². The quantitative estimate of drug-likeness (QED) is 0.867. The van der Waals surface area contributed by atoms with Crippen molar-refractivity contribution in [3.05, 3.63) is 12.4 Å². The average Bonchev–Trinajstić information content (AvgIpc) is 2.28. The van der Waals surface area contributed by atoms with Crippen LogP contribution < -0.4 is 9.64 Å². The molecule has 0 unspecified atom stereocenters. The molecule has 0 saturated heterocycles. The summed E-state index contributed by atoms with van der Waals surface area (Å²) in [6.45, 7) is 1.55. The van der Waals surface area contributed by atoms with Crippen LogP contribution in [0.5, 0.6) is 5.88 Å². The number of rotatable bonds is 5. The first-order valence-corrected chi connectivity index (χ1v) is 5.25. The summed E-state index contributed by atoms with van der Waals surface area (Å²) < 4.78 is 41.7. The SMILES string of the molecule is CCOc1cc(N(C)C[C@H](O)C(F)(F)F)ncn1. The van der Waals surface area contributed by atoms with Crippen LogP contribution in [0.25, 0.3) is 0 Å². The molecule has 0 radical (unpaired) electrons. The van der Waals surface area contributed by atoms with Crippen molar-refractivity contribution in [1.29, 1.82) is 0 Å². The van der Waals surface area contributed by atoms with Gasteiger partial charge in [0, 0.05) is 13.1 Å². The van der Waals surface area contributed by atoms with Crippen molar-refractivity contribution in [2.24, 2.45) is 0 Å². The molecule has 1 rings (SSSR count). The maximum absolute atomic E-state index is 12.2. The summed E-state index contributed by atoms with van der Waals surface area (Å²) in [5, 5.41) is 8.95. The van der Waals surface area contributed by atoms with Crippen molar-refractivity contribution >= 4 is 5.82 Å². The molecule has 5 nitrogen and oxygen atoms in total. The highest BCUT2D eigenvalue weighted by Crippen LogP contribution is 2.22. The van der Waals surface area contributed by atoms with E-state index in [2.05, 4.69) is 9.97 Å². The fourth-order valence-electron chi connectivity index (χ4n) is 1.22. The summed E-state index contributed by atoms with van der Waals surface area (Å²) in [5.41, 5.74) is 0. The number of likely N-dealkylation sites (N-methyl/N-ethyl adjacent to an activating group) is 1. The van der Waals surface area contributed by atoms with Gasteiger partial charge in [-0.25, -0.2) is 9.97 Å². The van der Waals surface area contributed by atoms with Crippen LogP contribution in [0.15, 0.2) is 12.4 Å². The number of aromatic nitrogens is 2. The molecule has 0 fully saturated rings. The Hall–Kier alpha value is -1.57. The minimum absolute atomic E-state index is 0.247. The van der Waals surface area contributed by atoms with Gasteiger partial charge in [-0.1, -0.05) is 0 Å². The Morgan fingerprint density at radius 2 is 2.11 bits per heavy atom. The van der Waals surface area contributed by atoms with Crippen LogP contribution in [0.3, 0.4) is 0 Å². The van der Waals surface area contributed by atoms with E-state index in [1.165, 1.54) is 24.3 Å². The van der Waals surface area contributed by atoms with Crippen molar-refractivity contribution in [3.63, 3.8) is 0 Å². The Morgan fingerprint density at radius 3 is 2.67 bits per heavy atom. The Bertz CT molecular complexity index is 387. The highest BCUT2D eigenvalue weighted by Gasteiger charge is 2.38. The molecule has 1 aromatic heterocycles. The van der Waals surface area contributed by atoms with Gasteiger partial charge in [0.15, 0.2) is 6.10 Å². The summed E-state index contributed by atoms with van der Waals surface area (Å²) in [6.07, 6.45) is -5.88. The fraction of sp³-hybridized carbons (Fsp3) is 0.600. The largest absolute Gasteiger partial charge is 0.478 e. The van der Waals surface area contributed by atoms with E-state index in [1.807, 2.05) is 0 Å². The number of aliphatic hydroxyl groups is 1. The minimum atomic E-state index is -4.65. The lowest BCUT2D eigenvalue weighted by Crippen LogP contribution is -2.39. The lowest BCUT2D eigenvalue weighted by molar-refractivity contribution is -0.200. The minimum Gasteiger partial charge on any atom is -0.478 e. The van der Waals surface area contributed by atoms with E-state index in [4.69, 9.17) is 9.84 Å². The van der Waals surface area contributed by atoms with Gasteiger partial charge in [-0.15, -0.1) is 0 Å². The monoisotopic (exact) mass is 265 g/mol. The van der Waals surface area contributed by atoms with Crippen LogP contribution in [0, 0.1) is 0 Å². The summed E-state index contributed by atoms with van der Waals surface area (Å²) in [7, 11) is 1.40. The van der Waals surface area contributed by atoms with Gasteiger partial charge < -0.3 is 14.7 Å². The maximum atomic E-state index is 12.2. The van der Waals surface area contributed by atoms with Gasteiger partial charge in [-0.05, 0) is 6.92 Å². The number of aliphatic hydroxyl groups excluding tert-OH is 1. The third kappa shape index (κ3) is 4.02. The van der Waals surface area contributed by atoms with Crippen molar-refractivity contribution in [2.75, 3.05) is 25.1 Å².